The van der Waals surface area contributed by atoms with Crippen LogP contribution in [0.25, 0.3) is 0 Å². The molecule has 0 heterocycles. The Morgan fingerprint density at radius 2 is 1.62 bits per heavy atom. The SMILES string of the molecule is CC(NS(=O)(=O)c1ccc(C(=O)O)cc1)c1ccccc1. The van der Waals surface area contributed by atoms with E-state index in [9.17, 15) is 13.2 Å². The molecule has 2 aromatic rings. The Morgan fingerprint density at radius 1 is 1.05 bits per heavy atom. The predicted octanol–water partition coefficient (Wildman–Crippen LogP) is 2.42. The molecule has 2 aromatic carbocycles. The van der Waals surface area contributed by atoms with Gasteiger partial charge in [-0.3, -0.25) is 0 Å². The first kappa shape index (κ1) is 15.2. The highest BCUT2D eigenvalue weighted by molar-refractivity contribution is 7.89. The second kappa shape index (κ2) is 6.07. The molecule has 1 atom stereocenters. The second-order valence-electron chi connectivity index (χ2n) is 4.58. The van der Waals surface area contributed by atoms with Crippen LogP contribution in [0.2, 0.25) is 0 Å². The lowest BCUT2D eigenvalue weighted by molar-refractivity contribution is 0.0696. The summed E-state index contributed by atoms with van der Waals surface area (Å²) >= 11 is 0. The van der Waals surface area contributed by atoms with Gasteiger partial charge in [-0.2, -0.15) is 0 Å². The molecule has 5 nitrogen and oxygen atoms in total. The van der Waals surface area contributed by atoms with E-state index in [2.05, 4.69) is 4.72 Å². The average Bonchev–Trinajstić information content (AvgIpc) is 2.48. The van der Waals surface area contributed by atoms with Gasteiger partial charge in [-0.1, -0.05) is 30.3 Å². The molecule has 0 bridgehead atoms. The van der Waals surface area contributed by atoms with Crippen LogP contribution in [0.5, 0.6) is 0 Å². The van der Waals surface area contributed by atoms with Crippen molar-refractivity contribution in [3.63, 3.8) is 0 Å². The fraction of sp³-hybridized carbons (Fsp3) is 0.133. The fourth-order valence-corrected chi connectivity index (χ4v) is 3.12. The first-order valence-corrected chi connectivity index (χ1v) is 7.79. The summed E-state index contributed by atoms with van der Waals surface area (Å²) in [4.78, 5) is 10.8. The van der Waals surface area contributed by atoms with Gasteiger partial charge in [0.15, 0.2) is 0 Å². The van der Waals surface area contributed by atoms with Crippen molar-refractivity contribution in [3.05, 3.63) is 65.7 Å². The maximum Gasteiger partial charge on any atom is 0.335 e. The summed E-state index contributed by atoms with van der Waals surface area (Å²) in [5.41, 5.74) is 0.897. The largest absolute Gasteiger partial charge is 0.478 e. The molecule has 2 N–H and O–H groups in total. The lowest BCUT2D eigenvalue weighted by atomic mass is 10.1. The van der Waals surface area contributed by atoms with E-state index in [1.165, 1.54) is 24.3 Å². The molecule has 0 saturated heterocycles. The second-order valence-corrected chi connectivity index (χ2v) is 6.30. The van der Waals surface area contributed by atoms with Crippen molar-refractivity contribution in [1.82, 2.24) is 4.72 Å². The molecular formula is C15H15NO4S. The zero-order valence-corrected chi connectivity index (χ0v) is 12.2. The van der Waals surface area contributed by atoms with E-state index in [-0.39, 0.29) is 16.5 Å². The Bertz CT molecular complexity index is 724. The molecule has 0 aliphatic carbocycles. The molecular weight excluding hydrogens is 290 g/mol. The Balaban J connectivity index is 2.20. The molecule has 0 aliphatic rings. The minimum Gasteiger partial charge on any atom is -0.478 e. The summed E-state index contributed by atoms with van der Waals surface area (Å²) in [5.74, 6) is -1.09. The first-order valence-electron chi connectivity index (χ1n) is 6.31. The van der Waals surface area contributed by atoms with Crippen molar-refractivity contribution in [2.45, 2.75) is 17.9 Å². The van der Waals surface area contributed by atoms with Crippen LogP contribution in [0, 0.1) is 0 Å². The van der Waals surface area contributed by atoms with Crippen LogP contribution >= 0.6 is 0 Å². The molecule has 0 radical (unpaired) electrons. The van der Waals surface area contributed by atoms with Crippen molar-refractivity contribution in [1.29, 1.82) is 0 Å². The predicted molar refractivity (Wildman–Crippen MR) is 78.6 cm³/mol. The molecule has 0 fully saturated rings. The van der Waals surface area contributed by atoms with Gasteiger partial charge in [0, 0.05) is 6.04 Å². The molecule has 6 heteroatoms. The smallest absolute Gasteiger partial charge is 0.335 e. The molecule has 0 spiro atoms. The minimum atomic E-state index is -3.69. The number of carbonyl (C=O) groups is 1. The number of hydrogen-bond acceptors (Lipinski definition) is 3. The van der Waals surface area contributed by atoms with Crippen LogP contribution in [0.4, 0.5) is 0 Å². The monoisotopic (exact) mass is 305 g/mol. The van der Waals surface area contributed by atoms with E-state index in [1.54, 1.807) is 6.92 Å². The van der Waals surface area contributed by atoms with E-state index in [0.717, 1.165) is 5.56 Å². The summed E-state index contributed by atoms with van der Waals surface area (Å²) in [7, 11) is -3.69. The number of rotatable bonds is 5. The van der Waals surface area contributed by atoms with Gasteiger partial charge in [0.2, 0.25) is 10.0 Å². The molecule has 0 aliphatic heterocycles. The van der Waals surface area contributed by atoms with Gasteiger partial charge in [0.05, 0.1) is 10.5 Å². The van der Waals surface area contributed by atoms with Crippen molar-refractivity contribution >= 4 is 16.0 Å². The first-order chi connectivity index (χ1) is 9.90. The fourth-order valence-electron chi connectivity index (χ4n) is 1.89. The number of benzene rings is 2. The van der Waals surface area contributed by atoms with Crippen LogP contribution in [-0.4, -0.2) is 19.5 Å². The standard InChI is InChI=1S/C15H15NO4S/c1-11(12-5-3-2-4-6-12)16-21(19,20)14-9-7-13(8-10-14)15(17)18/h2-11,16H,1H3,(H,17,18). The number of hydrogen-bond donors (Lipinski definition) is 2. The highest BCUT2D eigenvalue weighted by Crippen LogP contribution is 2.17. The van der Waals surface area contributed by atoms with Gasteiger partial charge in [-0.25, -0.2) is 17.9 Å². The number of nitrogens with one attached hydrogen (secondary N) is 1. The van der Waals surface area contributed by atoms with Gasteiger partial charge < -0.3 is 5.11 Å². The van der Waals surface area contributed by atoms with Gasteiger partial charge in [0.1, 0.15) is 0 Å². The highest BCUT2D eigenvalue weighted by atomic mass is 32.2. The third-order valence-electron chi connectivity index (χ3n) is 3.04. The van der Waals surface area contributed by atoms with Crippen LogP contribution < -0.4 is 4.72 Å². The molecule has 21 heavy (non-hydrogen) atoms. The quantitative estimate of drug-likeness (QED) is 0.888. The Labute approximate surface area is 123 Å². The van der Waals surface area contributed by atoms with Crippen molar-refractivity contribution in [2.24, 2.45) is 0 Å². The molecule has 2 rings (SSSR count). The van der Waals surface area contributed by atoms with Gasteiger partial charge in [-0.05, 0) is 36.8 Å². The van der Waals surface area contributed by atoms with Crippen molar-refractivity contribution < 1.29 is 18.3 Å². The maximum atomic E-state index is 12.2. The van der Waals surface area contributed by atoms with E-state index < -0.39 is 16.0 Å². The Morgan fingerprint density at radius 3 is 2.14 bits per heavy atom. The van der Waals surface area contributed by atoms with E-state index in [1.807, 2.05) is 30.3 Å². The highest BCUT2D eigenvalue weighted by Gasteiger charge is 2.18. The third kappa shape index (κ3) is 3.68. The summed E-state index contributed by atoms with van der Waals surface area (Å²) in [6.07, 6.45) is 0. The molecule has 110 valence electrons. The molecule has 1 unspecified atom stereocenters. The van der Waals surface area contributed by atoms with Crippen LogP contribution in [0.3, 0.4) is 0 Å². The summed E-state index contributed by atoms with van der Waals surface area (Å²) in [5, 5.41) is 8.81. The topological polar surface area (TPSA) is 83.5 Å². The Hall–Kier alpha value is -2.18. The molecule has 0 amide bonds. The maximum absolute atomic E-state index is 12.2. The van der Waals surface area contributed by atoms with Crippen LogP contribution in [0.1, 0.15) is 28.9 Å². The normalized spacial score (nSPS) is 12.8. The van der Waals surface area contributed by atoms with Crippen LogP contribution in [-0.2, 0) is 10.0 Å². The summed E-state index contributed by atoms with van der Waals surface area (Å²) in [6.45, 7) is 1.75. The number of carboxylic acids is 1. The minimum absolute atomic E-state index is 0.0373. The third-order valence-corrected chi connectivity index (χ3v) is 4.60. The lowest BCUT2D eigenvalue weighted by Crippen LogP contribution is -2.26. The zero-order chi connectivity index (χ0) is 15.5. The van der Waals surface area contributed by atoms with E-state index in [4.69, 9.17) is 5.11 Å². The van der Waals surface area contributed by atoms with Crippen molar-refractivity contribution in [3.8, 4) is 0 Å². The van der Waals surface area contributed by atoms with Gasteiger partial charge >= 0.3 is 5.97 Å². The average molecular weight is 305 g/mol. The Kier molecular flexibility index (Phi) is 4.40. The number of aromatic carboxylic acids is 1. The van der Waals surface area contributed by atoms with Crippen LogP contribution in [0.15, 0.2) is 59.5 Å². The lowest BCUT2D eigenvalue weighted by Gasteiger charge is -2.14. The zero-order valence-electron chi connectivity index (χ0n) is 11.4. The molecule has 0 saturated carbocycles. The van der Waals surface area contributed by atoms with E-state index >= 15 is 0 Å². The number of carboxylic acid groups (broad SMARTS) is 1. The van der Waals surface area contributed by atoms with E-state index in [0.29, 0.717) is 0 Å². The van der Waals surface area contributed by atoms with Gasteiger partial charge in [0.25, 0.3) is 0 Å². The summed E-state index contributed by atoms with van der Waals surface area (Å²) in [6, 6.07) is 13.9. The molecule has 0 aromatic heterocycles. The van der Waals surface area contributed by atoms with Crippen molar-refractivity contribution in [2.75, 3.05) is 0 Å². The summed E-state index contributed by atoms with van der Waals surface area (Å²) < 4.78 is 27.0. The number of sulfonamides is 1. The van der Waals surface area contributed by atoms with Gasteiger partial charge in [-0.15, -0.1) is 0 Å².